The van der Waals surface area contributed by atoms with E-state index in [0.29, 0.717) is 34.1 Å². The molecule has 0 unspecified atom stereocenters. The maximum atomic E-state index is 13.5. The Labute approximate surface area is 220 Å². The van der Waals surface area contributed by atoms with Gasteiger partial charge in [-0.15, -0.1) is 0 Å². The third-order valence-electron chi connectivity index (χ3n) is 6.16. The van der Waals surface area contributed by atoms with Crippen molar-refractivity contribution < 1.29 is 13.7 Å². The first kappa shape index (κ1) is 25.0. The molecule has 0 aliphatic carbocycles. The largest absolute Gasteiger partial charge is 0.340 e. The minimum Gasteiger partial charge on any atom is -0.340 e. The zero-order valence-corrected chi connectivity index (χ0v) is 20.4. The highest BCUT2D eigenvalue weighted by atomic mass is 35.5. The summed E-state index contributed by atoms with van der Waals surface area (Å²) in [5, 5.41) is 11.8. The summed E-state index contributed by atoms with van der Waals surface area (Å²) in [6, 6.07) is 18.3. The van der Waals surface area contributed by atoms with Crippen LogP contribution in [0, 0.1) is 21.7 Å². The van der Waals surface area contributed by atoms with E-state index in [1.807, 2.05) is 0 Å². The Morgan fingerprint density at radius 2 is 1.63 bits per heavy atom. The molecule has 0 aliphatic heterocycles. The van der Waals surface area contributed by atoms with Crippen LogP contribution in [0.4, 0.5) is 14.5 Å². The van der Waals surface area contributed by atoms with Crippen molar-refractivity contribution in [3.8, 4) is 22.4 Å². The topological polar surface area (TPSA) is 93.8 Å². The summed E-state index contributed by atoms with van der Waals surface area (Å²) in [5.41, 5.74) is 2.06. The van der Waals surface area contributed by atoms with Crippen LogP contribution in [0.3, 0.4) is 0 Å². The lowest BCUT2D eigenvalue weighted by Gasteiger charge is -2.19. The van der Waals surface area contributed by atoms with Crippen molar-refractivity contribution in [1.29, 1.82) is 0 Å². The number of benzene rings is 3. The molecule has 1 N–H and O–H groups in total. The number of nitro benzene ring substituents is 1. The smallest absolute Gasteiger partial charge is 0.277 e. The number of imidazole rings is 1. The van der Waals surface area contributed by atoms with E-state index >= 15 is 0 Å². The number of aromatic amines is 1. The van der Waals surface area contributed by atoms with Crippen LogP contribution in [0.5, 0.6) is 0 Å². The summed E-state index contributed by atoms with van der Waals surface area (Å²) < 4.78 is 28.4. The van der Waals surface area contributed by atoms with Gasteiger partial charge in [0.05, 0.1) is 28.4 Å². The molecule has 0 fully saturated rings. The van der Waals surface area contributed by atoms with Crippen molar-refractivity contribution in [3.05, 3.63) is 140 Å². The number of aromatic nitrogens is 3. The quantitative estimate of drug-likeness (QED) is 0.189. The van der Waals surface area contributed by atoms with E-state index < -0.39 is 16.5 Å². The molecular weight excluding hydrogens is 514 g/mol. The Balaban J connectivity index is 1.57. The van der Waals surface area contributed by atoms with Gasteiger partial charge in [-0.3, -0.25) is 14.9 Å². The summed E-state index contributed by atoms with van der Waals surface area (Å²) in [5.74, 6) is -0.293. The zero-order valence-electron chi connectivity index (χ0n) is 19.6. The van der Waals surface area contributed by atoms with Gasteiger partial charge in [0.1, 0.15) is 17.5 Å². The van der Waals surface area contributed by atoms with Crippen molar-refractivity contribution in [2.24, 2.45) is 0 Å². The Morgan fingerprint density at radius 3 is 2.29 bits per heavy atom. The highest BCUT2D eigenvalue weighted by Crippen LogP contribution is 2.32. The lowest BCUT2D eigenvalue weighted by atomic mass is 10.0. The lowest BCUT2D eigenvalue weighted by Crippen LogP contribution is -2.27. The number of rotatable bonds is 7. The maximum absolute atomic E-state index is 13.5. The molecule has 38 heavy (non-hydrogen) atoms. The molecule has 3 aromatic carbocycles. The number of nitrogens with zero attached hydrogens (tertiary/aromatic N) is 3. The van der Waals surface area contributed by atoms with Gasteiger partial charge in [0.2, 0.25) is 0 Å². The average molecular weight is 533 g/mol. The highest BCUT2D eigenvalue weighted by molar-refractivity contribution is 6.31. The minimum absolute atomic E-state index is 0.176. The van der Waals surface area contributed by atoms with Crippen molar-refractivity contribution >= 4 is 17.3 Å². The first-order valence-electron chi connectivity index (χ1n) is 11.5. The van der Waals surface area contributed by atoms with Crippen LogP contribution in [0.2, 0.25) is 5.02 Å². The molecule has 0 saturated heterocycles. The molecule has 0 saturated carbocycles. The summed E-state index contributed by atoms with van der Waals surface area (Å²) in [6.45, 7) is 0. The summed E-state index contributed by atoms with van der Waals surface area (Å²) >= 11 is 6.07. The third kappa shape index (κ3) is 5.23. The zero-order chi connectivity index (χ0) is 26.8. The fraction of sp³-hybridized carbons (Fsp3) is 0.0714. The standard InChI is InChI=1S/C28H19ClF2N4O3/c29-20-5-10-25(35(37)38)23(15-20)19-11-12-34(27(36)14-19)26(13-17-1-6-21(30)7-2-17)28-32-16-24(33-28)18-3-8-22(31)9-4-18/h1-12,14-16,26H,13H2,(H,32,33)/t26-/m1/s1. The van der Waals surface area contributed by atoms with E-state index in [-0.39, 0.29) is 22.9 Å². The normalized spacial score (nSPS) is 11.9. The van der Waals surface area contributed by atoms with Crippen LogP contribution < -0.4 is 5.56 Å². The second-order valence-electron chi connectivity index (χ2n) is 8.61. The monoisotopic (exact) mass is 532 g/mol. The molecule has 2 heterocycles. The van der Waals surface area contributed by atoms with E-state index in [0.717, 1.165) is 5.56 Å². The molecule has 2 aromatic heterocycles. The molecule has 0 spiro atoms. The van der Waals surface area contributed by atoms with Crippen LogP contribution >= 0.6 is 11.6 Å². The van der Waals surface area contributed by atoms with Gasteiger partial charge in [0, 0.05) is 29.8 Å². The second kappa shape index (κ2) is 10.4. The number of nitro groups is 1. The van der Waals surface area contributed by atoms with Crippen molar-refractivity contribution in [3.63, 3.8) is 0 Å². The lowest BCUT2D eigenvalue weighted by molar-refractivity contribution is -0.384. The molecule has 5 aromatic rings. The molecule has 190 valence electrons. The van der Waals surface area contributed by atoms with Crippen LogP contribution in [-0.2, 0) is 6.42 Å². The summed E-state index contributed by atoms with van der Waals surface area (Å²) in [6.07, 6.45) is 3.43. The predicted molar refractivity (Wildman–Crippen MR) is 140 cm³/mol. The number of pyridine rings is 1. The fourth-order valence-electron chi connectivity index (χ4n) is 4.27. The van der Waals surface area contributed by atoms with Crippen molar-refractivity contribution in [2.45, 2.75) is 12.5 Å². The Kier molecular flexibility index (Phi) is 6.85. The van der Waals surface area contributed by atoms with Gasteiger partial charge in [0.15, 0.2) is 0 Å². The van der Waals surface area contributed by atoms with E-state index in [2.05, 4.69) is 9.97 Å². The molecular formula is C28H19ClF2N4O3. The Morgan fingerprint density at radius 1 is 0.947 bits per heavy atom. The van der Waals surface area contributed by atoms with Gasteiger partial charge in [-0.25, -0.2) is 13.8 Å². The molecule has 10 heteroatoms. The molecule has 5 rings (SSSR count). The van der Waals surface area contributed by atoms with E-state index in [1.54, 1.807) is 36.5 Å². The maximum Gasteiger partial charge on any atom is 0.277 e. The van der Waals surface area contributed by atoms with Gasteiger partial charge >= 0.3 is 0 Å². The highest BCUT2D eigenvalue weighted by Gasteiger charge is 2.22. The van der Waals surface area contributed by atoms with Crippen LogP contribution in [-0.4, -0.2) is 19.5 Å². The number of halogens is 3. The molecule has 7 nitrogen and oxygen atoms in total. The van der Waals surface area contributed by atoms with E-state index in [1.165, 1.54) is 59.3 Å². The van der Waals surface area contributed by atoms with Crippen LogP contribution in [0.1, 0.15) is 17.4 Å². The van der Waals surface area contributed by atoms with E-state index in [9.17, 15) is 23.7 Å². The Bertz CT molecular complexity index is 1680. The summed E-state index contributed by atoms with van der Waals surface area (Å²) in [4.78, 5) is 32.1. The number of H-pyrrole nitrogens is 1. The van der Waals surface area contributed by atoms with Crippen molar-refractivity contribution in [2.75, 3.05) is 0 Å². The second-order valence-corrected chi connectivity index (χ2v) is 9.05. The SMILES string of the molecule is O=c1cc(-c2cc(Cl)ccc2[N+](=O)[O-])ccn1[C@H](Cc1ccc(F)cc1)c1ncc(-c2ccc(F)cc2)[nH]1. The summed E-state index contributed by atoms with van der Waals surface area (Å²) in [7, 11) is 0. The number of hydrogen-bond donors (Lipinski definition) is 1. The van der Waals surface area contributed by atoms with Crippen LogP contribution in [0.15, 0.2) is 96.1 Å². The predicted octanol–water partition coefficient (Wildman–Crippen LogP) is 6.58. The Hall–Kier alpha value is -4.63. The molecule has 0 bridgehead atoms. The fourth-order valence-corrected chi connectivity index (χ4v) is 4.44. The number of nitrogens with one attached hydrogen (secondary N) is 1. The van der Waals surface area contributed by atoms with Gasteiger partial charge in [-0.1, -0.05) is 23.7 Å². The van der Waals surface area contributed by atoms with E-state index in [4.69, 9.17) is 11.6 Å². The van der Waals surface area contributed by atoms with Gasteiger partial charge < -0.3 is 9.55 Å². The molecule has 0 aliphatic rings. The third-order valence-corrected chi connectivity index (χ3v) is 6.39. The first-order valence-corrected chi connectivity index (χ1v) is 11.9. The minimum atomic E-state index is -0.620. The van der Waals surface area contributed by atoms with Crippen LogP contribution in [0.25, 0.3) is 22.4 Å². The molecule has 1 atom stereocenters. The molecule has 0 amide bonds. The number of hydrogen-bond acceptors (Lipinski definition) is 4. The van der Waals surface area contributed by atoms with Gasteiger partial charge in [-0.05, 0) is 71.3 Å². The first-order chi connectivity index (χ1) is 18.3. The molecule has 0 radical (unpaired) electrons. The average Bonchev–Trinajstić information content (AvgIpc) is 3.39. The van der Waals surface area contributed by atoms with Gasteiger partial charge in [0.25, 0.3) is 11.2 Å². The van der Waals surface area contributed by atoms with Gasteiger partial charge in [-0.2, -0.15) is 0 Å². The van der Waals surface area contributed by atoms with Crippen molar-refractivity contribution in [1.82, 2.24) is 14.5 Å².